The third kappa shape index (κ3) is 3.54. The molecule has 0 fully saturated rings. The van der Waals surface area contributed by atoms with Crippen molar-refractivity contribution in [2.24, 2.45) is 4.40 Å². The van der Waals surface area contributed by atoms with Crippen LogP contribution in [0, 0.1) is 0 Å². The van der Waals surface area contributed by atoms with E-state index < -0.39 is 11.4 Å². The van der Waals surface area contributed by atoms with E-state index in [1.165, 1.54) is 0 Å². The van der Waals surface area contributed by atoms with Crippen LogP contribution in [0.5, 0.6) is 5.75 Å². The fraction of sp³-hybridized carbons (Fsp3) is 0.417. The Hall–Kier alpha value is -1.00. The predicted octanol–water partition coefficient (Wildman–Crippen LogP) is 2.58. The number of hydrogen-bond acceptors (Lipinski definition) is 3. The second-order valence-corrected chi connectivity index (χ2v) is 6.27. The topological polar surface area (TPSA) is 44.6 Å². The molecule has 16 heavy (non-hydrogen) atoms. The summed E-state index contributed by atoms with van der Waals surface area (Å²) in [6, 6.07) is 7.50. The molecule has 1 aromatic rings. The molecule has 1 aromatic carbocycles. The molecular weight excluding hydrogens is 222 g/mol. The summed E-state index contributed by atoms with van der Waals surface area (Å²) >= 11 is -1.23. The standard InChI is InChI=1S/C12H17NO2S/c1-12(2,3)16(14)13-9-10-7-5-6-8-11(10)15-4/h5-9H,1-4H3/b13-9+. The van der Waals surface area contributed by atoms with Crippen LogP contribution in [0.15, 0.2) is 28.7 Å². The number of hydrogen-bond donors (Lipinski definition) is 0. The maximum absolute atomic E-state index is 11.7. The zero-order chi connectivity index (χ0) is 12.2. The van der Waals surface area contributed by atoms with E-state index in [0.29, 0.717) is 0 Å². The molecule has 0 aliphatic heterocycles. The first-order valence-electron chi connectivity index (χ1n) is 5.04. The van der Waals surface area contributed by atoms with Crippen LogP contribution in [-0.2, 0) is 11.4 Å². The average Bonchev–Trinajstić information content (AvgIpc) is 2.24. The smallest absolute Gasteiger partial charge is 0.144 e. The number of nitrogens with zero attached hydrogens (tertiary/aromatic N) is 1. The lowest BCUT2D eigenvalue weighted by molar-refractivity contribution is 0.414. The Labute approximate surface area is 99.9 Å². The third-order valence-corrected chi connectivity index (χ3v) is 3.29. The Morgan fingerprint density at radius 1 is 1.31 bits per heavy atom. The van der Waals surface area contributed by atoms with E-state index in [1.807, 2.05) is 45.0 Å². The minimum atomic E-state index is -1.23. The summed E-state index contributed by atoms with van der Waals surface area (Å²) in [6.07, 6.45) is 1.60. The molecule has 0 bridgehead atoms. The van der Waals surface area contributed by atoms with Gasteiger partial charge in [-0.15, -0.1) is 0 Å². The Morgan fingerprint density at radius 3 is 2.50 bits per heavy atom. The monoisotopic (exact) mass is 239 g/mol. The molecule has 0 aromatic heterocycles. The van der Waals surface area contributed by atoms with Gasteiger partial charge in [-0.3, -0.25) is 0 Å². The van der Waals surface area contributed by atoms with E-state index in [4.69, 9.17) is 4.74 Å². The molecule has 4 heteroatoms. The van der Waals surface area contributed by atoms with Crippen molar-refractivity contribution in [3.05, 3.63) is 29.8 Å². The highest BCUT2D eigenvalue weighted by Gasteiger charge is 2.25. The zero-order valence-electron chi connectivity index (χ0n) is 10.1. The summed E-state index contributed by atoms with van der Waals surface area (Å²) in [5.74, 6) is 0.733. The molecule has 0 aliphatic rings. The zero-order valence-corrected chi connectivity index (χ0v) is 10.9. The highest BCUT2D eigenvalue weighted by molar-refractivity contribution is 7.91. The van der Waals surface area contributed by atoms with Gasteiger partial charge in [0.2, 0.25) is 0 Å². The van der Waals surface area contributed by atoms with Crippen molar-refractivity contribution >= 4 is 17.6 Å². The minimum absolute atomic E-state index is 0.335. The van der Waals surface area contributed by atoms with E-state index in [9.17, 15) is 4.55 Å². The molecule has 1 atom stereocenters. The maximum atomic E-state index is 11.7. The lowest BCUT2D eigenvalue weighted by Crippen LogP contribution is -2.25. The largest absolute Gasteiger partial charge is 0.591 e. The van der Waals surface area contributed by atoms with Crippen LogP contribution in [0.25, 0.3) is 0 Å². The van der Waals surface area contributed by atoms with E-state index in [-0.39, 0.29) is 4.75 Å². The molecule has 3 nitrogen and oxygen atoms in total. The van der Waals surface area contributed by atoms with Crippen LogP contribution in [0.3, 0.4) is 0 Å². The lowest BCUT2D eigenvalue weighted by Gasteiger charge is -2.17. The summed E-state index contributed by atoms with van der Waals surface area (Å²) < 4.78 is 20.6. The van der Waals surface area contributed by atoms with Gasteiger partial charge in [0.25, 0.3) is 0 Å². The van der Waals surface area contributed by atoms with E-state index >= 15 is 0 Å². The second kappa shape index (κ2) is 5.37. The van der Waals surface area contributed by atoms with Gasteiger partial charge in [0.05, 0.1) is 13.3 Å². The summed E-state index contributed by atoms with van der Waals surface area (Å²) in [4.78, 5) is 0. The Morgan fingerprint density at radius 2 is 1.94 bits per heavy atom. The molecule has 1 rings (SSSR count). The third-order valence-electron chi connectivity index (χ3n) is 1.95. The van der Waals surface area contributed by atoms with Crippen LogP contribution in [0.1, 0.15) is 26.3 Å². The SMILES string of the molecule is COc1ccccc1/C=N/[S+]([O-])C(C)(C)C. The summed E-state index contributed by atoms with van der Waals surface area (Å²) in [7, 11) is 1.60. The van der Waals surface area contributed by atoms with Gasteiger partial charge in [0, 0.05) is 5.56 Å². The van der Waals surface area contributed by atoms with E-state index in [1.54, 1.807) is 13.3 Å². The summed E-state index contributed by atoms with van der Waals surface area (Å²) in [5, 5.41) is 0. The summed E-state index contributed by atoms with van der Waals surface area (Å²) in [5.41, 5.74) is 0.836. The van der Waals surface area contributed by atoms with Gasteiger partial charge in [0.1, 0.15) is 21.9 Å². The number of para-hydroxylation sites is 1. The first-order valence-corrected chi connectivity index (χ1v) is 6.15. The number of ether oxygens (including phenoxy) is 1. The molecule has 88 valence electrons. The van der Waals surface area contributed by atoms with Crippen LogP contribution >= 0.6 is 0 Å². The van der Waals surface area contributed by atoms with Crippen LogP contribution in [0.2, 0.25) is 0 Å². The Balaban J connectivity index is 2.84. The molecule has 0 aliphatic carbocycles. The molecular formula is C12H17NO2S. The Kier molecular flexibility index (Phi) is 4.38. The molecule has 0 N–H and O–H groups in total. The minimum Gasteiger partial charge on any atom is -0.591 e. The number of methoxy groups -OCH3 is 1. The van der Waals surface area contributed by atoms with Crippen LogP contribution in [0.4, 0.5) is 0 Å². The Bertz CT molecular complexity index is 372. The summed E-state index contributed by atoms with van der Waals surface area (Å²) in [6.45, 7) is 5.67. The quantitative estimate of drug-likeness (QED) is 0.601. The van der Waals surface area contributed by atoms with Crippen molar-refractivity contribution in [1.29, 1.82) is 0 Å². The molecule has 0 heterocycles. The average molecular weight is 239 g/mol. The second-order valence-electron chi connectivity index (χ2n) is 4.34. The van der Waals surface area contributed by atoms with Crippen molar-refractivity contribution in [3.8, 4) is 5.75 Å². The predicted molar refractivity (Wildman–Crippen MR) is 68.5 cm³/mol. The van der Waals surface area contributed by atoms with Gasteiger partial charge >= 0.3 is 0 Å². The molecule has 0 spiro atoms. The van der Waals surface area contributed by atoms with Crippen molar-refractivity contribution < 1.29 is 9.29 Å². The first kappa shape index (κ1) is 13.1. The molecule has 0 saturated heterocycles. The van der Waals surface area contributed by atoms with Gasteiger partial charge in [-0.05, 0) is 32.9 Å². The van der Waals surface area contributed by atoms with Crippen molar-refractivity contribution in [2.75, 3.05) is 7.11 Å². The van der Waals surface area contributed by atoms with Crippen LogP contribution in [-0.4, -0.2) is 22.6 Å². The van der Waals surface area contributed by atoms with Crippen molar-refractivity contribution in [1.82, 2.24) is 0 Å². The van der Waals surface area contributed by atoms with Gasteiger partial charge in [-0.2, -0.15) is 0 Å². The highest BCUT2D eigenvalue weighted by atomic mass is 32.2. The maximum Gasteiger partial charge on any atom is 0.144 e. The van der Waals surface area contributed by atoms with Gasteiger partial charge < -0.3 is 9.29 Å². The van der Waals surface area contributed by atoms with Crippen molar-refractivity contribution in [2.45, 2.75) is 25.5 Å². The van der Waals surface area contributed by atoms with E-state index in [0.717, 1.165) is 11.3 Å². The first-order chi connectivity index (χ1) is 7.45. The molecule has 1 unspecified atom stereocenters. The number of rotatable bonds is 3. The van der Waals surface area contributed by atoms with Crippen molar-refractivity contribution in [3.63, 3.8) is 0 Å². The normalized spacial score (nSPS) is 14.1. The van der Waals surface area contributed by atoms with Gasteiger partial charge in [-0.1, -0.05) is 16.5 Å². The van der Waals surface area contributed by atoms with E-state index in [2.05, 4.69) is 4.40 Å². The lowest BCUT2D eigenvalue weighted by atomic mass is 10.2. The highest BCUT2D eigenvalue weighted by Crippen LogP contribution is 2.19. The molecule has 0 amide bonds. The number of benzene rings is 1. The van der Waals surface area contributed by atoms with Gasteiger partial charge in [0.15, 0.2) is 0 Å². The fourth-order valence-corrected chi connectivity index (χ4v) is 1.56. The fourth-order valence-electron chi connectivity index (χ4n) is 1.04. The molecule has 0 radical (unpaired) electrons. The van der Waals surface area contributed by atoms with Crippen LogP contribution < -0.4 is 4.74 Å². The van der Waals surface area contributed by atoms with Gasteiger partial charge in [-0.25, -0.2) is 0 Å². The molecule has 0 saturated carbocycles.